The number of benzene rings is 1. The predicted octanol–water partition coefficient (Wildman–Crippen LogP) is 2.73. The Kier molecular flexibility index (Phi) is 4.71. The van der Waals surface area contributed by atoms with Crippen molar-refractivity contribution in [3.8, 4) is 5.69 Å². The first-order chi connectivity index (χ1) is 11.9. The normalized spacial score (nSPS) is 15.0. The number of hydrogen-bond acceptors (Lipinski definition) is 4. The fourth-order valence-corrected chi connectivity index (χ4v) is 3.04. The van der Waals surface area contributed by atoms with Gasteiger partial charge in [-0.1, -0.05) is 36.2 Å². The van der Waals surface area contributed by atoms with E-state index < -0.39 is 17.3 Å². The number of para-hydroxylation sites is 1. The molecule has 3 rings (SSSR count). The zero-order chi connectivity index (χ0) is 18.2. The Balaban J connectivity index is 1.86. The molecule has 0 saturated heterocycles. The summed E-state index contributed by atoms with van der Waals surface area (Å²) in [4.78, 5) is 27.7. The number of carboxylic acid groups (broad SMARTS) is 1. The van der Waals surface area contributed by atoms with Gasteiger partial charge in [-0.25, -0.2) is 9.67 Å². The van der Waals surface area contributed by atoms with Gasteiger partial charge in [0.2, 0.25) is 5.82 Å². The van der Waals surface area contributed by atoms with Crippen LogP contribution in [0.5, 0.6) is 0 Å². The maximum atomic E-state index is 12.3. The summed E-state index contributed by atoms with van der Waals surface area (Å²) in [5, 5.41) is 16.8. The standard InChI is InChI=1S/C16H16Cl2N4O3/c1-2-11-20-13(14(23)19-8-16(6-7-16)15(24)25)21-22(11)12-9(17)4-3-5-10(12)18/h3-5H,2,6-8H2,1H3,(H,19,23)(H,24,25). The van der Waals surface area contributed by atoms with Crippen LogP contribution >= 0.6 is 23.2 Å². The van der Waals surface area contributed by atoms with Gasteiger partial charge in [0.05, 0.1) is 15.5 Å². The summed E-state index contributed by atoms with van der Waals surface area (Å²) in [6.45, 7) is 1.93. The molecule has 1 fully saturated rings. The number of aliphatic carboxylic acids is 1. The second-order valence-electron chi connectivity index (χ2n) is 5.96. The SMILES string of the molecule is CCc1nc(C(=O)NCC2(C(=O)O)CC2)nn1-c1c(Cl)cccc1Cl. The van der Waals surface area contributed by atoms with Crippen molar-refractivity contribution in [3.63, 3.8) is 0 Å². The number of hydrogen-bond donors (Lipinski definition) is 2. The minimum atomic E-state index is -0.900. The molecule has 25 heavy (non-hydrogen) atoms. The van der Waals surface area contributed by atoms with E-state index in [-0.39, 0.29) is 12.4 Å². The van der Waals surface area contributed by atoms with Crippen LogP contribution in [0.3, 0.4) is 0 Å². The molecule has 9 heteroatoms. The minimum Gasteiger partial charge on any atom is -0.481 e. The lowest BCUT2D eigenvalue weighted by atomic mass is 10.1. The molecule has 2 N–H and O–H groups in total. The summed E-state index contributed by atoms with van der Waals surface area (Å²) >= 11 is 12.4. The van der Waals surface area contributed by atoms with Crippen molar-refractivity contribution in [2.45, 2.75) is 26.2 Å². The average Bonchev–Trinajstić information content (AvgIpc) is 3.26. The Labute approximate surface area is 154 Å². The molecule has 1 aromatic heterocycles. The molecule has 1 amide bonds. The van der Waals surface area contributed by atoms with Crippen molar-refractivity contribution in [2.75, 3.05) is 6.54 Å². The van der Waals surface area contributed by atoms with E-state index in [2.05, 4.69) is 15.4 Å². The molecule has 1 heterocycles. The summed E-state index contributed by atoms with van der Waals surface area (Å²) in [5.41, 5.74) is -0.392. The summed E-state index contributed by atoms with van der Waals surface area (Å²) in [7, 11) is 0. The zero-order valence-corrected chi connectivity index (χ0v) is 14.9. The Morgan fingerprint density at radius 3 is 2.48 bits per heavy atom. The largest absolute Gasteiger partial charge is 0.481 e. The molecule has 1 saturated carbocycles. The van der Waals surface area contributed by atoms with E-state index in [0.717, 1.165) is 0 Å². The molecule has 132 valence electrons. The van der Waals surface area contributed by atoms with E-state index in [1.165, 1.54) is 4.68 Å². The summed E-state index contributed by atoms with van der Waals surface area (Å²) in [6, 6.07) is 5.06. The second-order valence-corrected chi connectivity index (χ2v) is 6.77. The molecule has 0 unspecified atom stereocenters. The van der Waals surface area contributed by atoms with Crippen LogP contribution in [0.25, 0.3) is 5.69 Å². The highest BCUT2D eigenvalue weighted by molar-refractivity contribution is 6.37. The van der Waals surface area contributed by atoms with Crippen molar-refractivity contribution in [1.29, 1.82) is 0 Å². The van der Waals surface area contributed by atoms with Gasteiger partial charge in [0.25, 0.3) is 5.91 Å². The quantitative estimate of drug-likeness (QED) is 0.800. The number of aryl methyl sites for hydroxylation is 1. The summed E-state index contributed by atoms with van der Waals surface area (Å²) in [5.74, 6) is -0.943. The fourth-order valence-electron chi connectivity index (χ4n) is 2.49. The molecule has 0 radical (unpaired) electrons. The number of carbonyl (C=O) groups is 2. The molecule has 0 aliphatic heterocycles. The third-order valence-electron chi connectivity index (χ3n) is 4.24. The van der Waals surface area contributed by atoms with Gasteiger partial charge in [-0.2, -0.15) is 0 Å². The number of amides is 1. The highest BCUT2D eigenvalue weighted by Gasteiger charge is 2.50. The van der Waals surface area contributed by atoms with E-state index in [1.54, 1.807) is 18.2 Å². The monoisotopic (exact) mass is 382 g/mol. The molecule has 0 bridgehead atoms. The molecule has 1 aliphatic carbocycles. The first-order valence-corrected chi connectivity index (χ1v) is 8.55. The molecule has 0 spiro atoms. The van der Waals surface area contributed by atoms with Crippen LogP contribution in [0.4, 0.5) is 0 Å². The number of halogens is 2. The third-order valence-corrected chi connectivity index (χ3v) is 4.85. The van der Waals surface area contributed by atoms with Crippen LogP contribution in [0, 0.1) is 5.41 Å². The van der Waals surface area contributed by atoms with E-state index in [0.29, 0.717) is 40.8 Å². The lowest BCUT2D eigenvalue weighted by Gasteiger charge is -2.09. The van der Waals surface area contributed by atoms with Crippen molar-refractivity contribution in [3.05, 3.63) is 39.9 Å². The highest BCUT2D eigenvalue weighted by Crippen LogP contribution is 2.45. The molecule has 0 atom stereocenters. The van der Waals surface area contributed by atoms with Crippen LogP contribution in [-0.4, -0.2) is 38.3 Å². The summed E-state index contributed by atoms with van der Waals surface area (Å²) in [6.07, 6.45) is 1.63. The third kappa shape index (κ3) is 3.34. The topological polar surface area (TPSA) is 97.1 Å². The van der Waals surface area contributed by atoms with Gasteiger partial charge >= 0.3 is 5.97 Å². The molecular weight excluding hydrogens is 367 g/mol. The Morgan fingerprint density at radius 1 is 1.32 bits per heavy atom. The first-order valence-electron chi connectivity index (χ1n) is 7.80. The minimum absolute atomic E-state index is 0.0472. The van der Waals surface area contributed by atoms with Crippen LogP contribution < -0.4 is 5.32 Å². The van der Waals surface area contributed by atoms with Crippen molar-refractivity contribution >= 4 is 35.1 Å². The van der Waals surface area contributed by atoms with Crippen molar-refractivity contribution in [1.82, 2.24) is 20.1 Å². The van der Waals surface area contributed by atoms with E-state index >= 15 is 0 Å². The number of nitrogens with zero attached hydrogens (tertiary/aromatic N) is 3. The van der Waals surface area contributed by atoms with Crippen LogP contribution in [0.15, 0.2) is 18.2 Å². The van der Waals surface area contributed by atoms with Gasteiger partial charge in [0.15, 0.2) is 0 Å². The van der Waals surface area contributed by atoms with Gasteiger partial charge < -0.3 is 10.4 Å². The maximum Gasteiger partial charge on any atom is 0.311 e. The van der Waals surface area contributed by atoms with E-state index in [1.807, 2.05) is 6.92 Å². The second kappa shape index (κ2) is 6.65. The number of aromatic nitrogens is 3. The van der Waals surface area contributed by atoms with E-state index in [4.69, 9.17) is 28.3 Å². The average molecular weight is 383 g/mol. The predicted molar refractivity (Wildman–Crippen MR) is 92.4 cm³/mol. The Hall–Kier alpha value is -2.12. The lowest BCUT2D eigenvalue weighted by molar-refractivity contribution is -0.143. The molecule has 1 aromatic carbocycles. The smallest absolute Gasteiger partial charge is 0.311 e. The first kappa shape index (κ1) is 17.7. The Morgan fingerprint density at radius 2 is 1.96 bits per heavy atom. The molecule has 1 aliphatic rings. The van der Waals surface area contributed by atoms with Gasteiger partial charge in [-0.05, 0) is 25.0 Å². The zero-order valence-electron chi connectivity index (χ0n) is 13.4. The Bertz CT molecular complexity index is 826. The van der Waals surface area contributed by atoms with Gasteiger partial charge in [0.1, 0.15) is 11.5 Å². The van der Waals surface area contributed by atoms with Crippen LogP contribution in [0.2, 0.25) is 10.0 Å². The molecular formula is C16H16Cl2N4O3. The number of nitrogens with one attached hydrogen (secondary N) is 1. The number of carboxylic acids is 1. The summed E-state index contributed by atoms with van der Waals surface area (Å²) < 4.78 is 1.45. The molecule has 2 aromatic rings. The van der Waals surface area contributed by atoms with Gasteiger partial charge in [-0.15, -0.1) is 5.10 Å². The fraction of sp³-hybridized carbons (Fsp3) is 0.375. The lowest BCUT2D eigenvalue weighted by Crippen LogP contribution is -2.34. The van der Waals surface area contributed by atoms with Crippen molar-refractivity contribution < 1.29 is 14.7 Å². The van der Waals surface area contributed by atoms with E-state index in [9.17, 15) is 9.59 Å². The molecule has 7 nitrogen and oxygen atoms in total. The highest BCUT2D eigenvalue weighted by atomic mass is 35.5. The van der Waals surface area contributed by atoms with Gasteiger partial charge in [-0.3, -0.25) is 9.59 Å². The number of carbonyl (C=O) groups excluding carboxylic acids is 1. The number of rotatable bonds is 6. The maximum absolute atomic E-state index is 12.3. The van der Waals surface area contributed by atoms with Crippen LogP contribution in [0.1, 0.15) is 36.2 Å². The van der Waals surface area contributed by atoms with Crippen molar-refractivity contribution in [2.24, 2.45) is 5.41 Å². The van der Waals surface area contributed by atoms with Crippen LogP contribution in [-0.2, 0) is 11.2 Å². The van der Waals surface area contributed by atoms with Gasteiger partial charge in [0, 0.05) is 13.0 Å².